The van der Waals surface area contributed by atoms with E-state index in [1.54, 1.807) is 39.0 Å². The van der Waals surface area contributed by atoms with Gasteiger partial charge in [0, 0.05) is 11.6 Å². The minimum absolute atomic E-state index is 0.0279. The molecule has 0 saturated carbocycles. The fourth-order valence-corrected chi connectivity index (χ4v) is 2.30. The number of hydrogen-bond acceptors (Lipinski definition) is 7. The summed E-state index contributed by atoms with van der Waals surface area (Å²) in [5.41, 5.74) is 0.303. The van der Waals surface area contributed by atoms with Crippen molar-refractivity contribution >= 4 is 35.3 Å². The molecule has 0 saturated heterocycles. The third-order valence-electron chi connectivity index (χ3n) is 3.26. The van der Waals surface area contributed by atoms with Crippen LogP contribution in [-0.4, -0.2) is 51.5 Å². The van der Waals surface area contributed by atoms with Crippen molar-refractivity contribution in [3.63, 3.8) is 0 Å². The molecule has 29 heavy (non-hydrogen) atoms. The number of aromatic nitrogens is 3. The molecule has 2 amide bonds. The Bertz CT molecular complexity index is 864. The summed E-state index contributed by atoms with van der Waals surface area (Å²) in [4.78, 5) is 39.2. The molecule has 1 aromatic heterocycles. The fourth-order valence-electron chi connectivity index (χ4n) is 2.13. The number of nitrogens with zero attached hydrogens (tertiary/aromatic N) is 3. The molecule has 0 radical (unpaired) electrons. The van der Waals surface area contributed by atoms with Crippen LogP contribution in [0.5, 0.6) is 0 Å². The zero-order chi connectivity index (χ0) is 21.4. The van der Waals surface area contributed by atoms with Crippen molar-refractivity contribution in [3.8, 4) is 5.69 Å². The SMILES string of the molecule is CC(C)(C)OC(=O)NCCC(=O)OCC(=O)Nc1cc(Cl)ccc1-n1cncn1. The summed E-state index contributed by atoms with van der Waals surface area (Å²) in [6.45, 7) is 4.73. The Morgan fingerprint density at radius 3 is 2.66 bits per heavy atom. The van der Waals surface area contributed by atoms with E-state index in [1.165, 1.54) is 17.3 Å². The first kappa shape index (κ1) is 22.2. The molecule has 1 heterocycles. The standard InChI is InChI=1S/C18H22ClN5O5/c1-18(2,3)29-17(27)21-7-6-16(26)28-9-15(25)23-13-8-12(19)4-5-14(13)24-11-20-10-22-24/h4-5,8,10-11H,6-7,9H2,1-3H3,(H,21,27)(H,23,25). The average Bonchev–Trinajstić information content (AvgIpc) is 3.13. The molecule has 0 bridgehead atoms. The number of alkyl carbamates (subject to hydrolysis) is 1. The molecule has 0 atom stereocenters. The topological polar surface area (TPSA) is 124 Å². The molecule has 10 nitrogen and oxygen atoms in total. The lowest BCUT2D eigenvalue weighted by Gasteiger charge is -2.19. The predicted molar refractivity (Wildman–Crippen MR) is 105 cm³/mol. The quantitative estimate of drug-likeness (QED) is 0.654. The van der Waals surface area contributed by atoms with Gasteiger partial charge in [0.2, 0.25) is 0 Å². The van der Waals surface area contributed by atoms with E-state index >= 15 is 0 Å². The minimum Gasteiger partial charge on any atom is -0.456 e. The summed E-state index contributed by atoms with van der Waals surface area (Å²) in [5, 5.41) is 9.47. The van der Waals surface area contributed by atoms with Gasteiger partial charge in [0.15, 0.2) is 6.61 Å². The largest absolute Gasteiger partial charge is 0.456 e. The Morgan fingerprint density at radius 1 is 1.24 bits per heavy atom. The summed E-state index contributed by atoms with van der Waals surface area (Å²) in [6, 6.07) is 4.86. The molecule has 1 aromatic carbocycles. The van der Waals surface area contributed by atoms with Gasteiger partial charge in [-0.1, -0.05) is 11.6 Å². The van der Waals surface area contributed by atoms with E-state index < -0.39 is 30.2 Å². The van der Waals surface area contributed by atoms with Gasteiger partial charge in [-0.25, -0.2) is 14.5 Å². The maximum atomic E-state index is 12.1. The first-order valence-electron chi connectivity index (χ1n) is 8.71. The molecule has 2 aromatic rings. The maximum Gasteiger partial charge on any atom is 0.407 e. The Hall–Kier alpha value is -3.14. The van der Waals surface area contributed by atoms with Gasteiger partial charge in [0.05, 0.1) is 17.8 Å². The number of halogens is 1. The number of anilines is 1. The molecular formula is C18H22ClN5O5. The number of carbonyl (C=O) groups excluding carboxylic acids is 3. The van der Waals surface area contributed by atoms with Crippen molar-refractivity contribution in [3.05, 3.63) is 35.9 Å². The molecule has 0 aliphatic carbocycles. The second-order valence-corrected chi connectivity index (χ2v) is 7.33. The molecule has 0 spiro atoms. The number of ether oxygens (including phenoxy) is 2. The molecule has 0 aliphatic heterocycles. The van der Waals surface area contributed by atoms with Crippen LogP contribution in [0.4, 0.5) is 10.5 Å². The van der Waals surface area contributed by atoms with Crippen LogP contribution in [0.2, 0.25) is 5.02 Å². The second kappa shape index (κ2) is 9.87. The summed E-state index contributed by atoms with van der Waals surface area (Å²) in [5.74, 6) is -1.19. The summed E-state index contributed by atoms with van der Waals surface area (Å²) in [6.07, 6.45) is 2.09. The van der Waals surface area contributed by atoms with Gasteiger partial charge in [-0.05, 0) is 39.0 Å². The van der Waals surface area contributed by atoms with Crippen molar-refractivity contribution in [2.75, 3.05) is 18.5 Å². The molecule has 11 heteroatoms. The first-order valence-corrected chi connectivity index (χ1v) is 9.09. The number of rotatable bonds is 7. The number of esters is 1. The highest BCUT2D eigenvalue weighted by Gasteiger charge is 2.16. The monoisotopic (exact) mass is 423 g/mol. The summed E-state index contributed by atoms with van der Waals surface area (Å²) in [7, 11) is 0. The van der Waals surface area contributed by atoms with Gasteiger partial charge < -0.3 is 20.1 Å². The van der Waals surface area contributed by atoms with Crippen LogP contribution in [0.3, 0.4) is 0 Å². The lowest BCUT2D eigenvalue weighted by molar-refractivity contribution is -0.147. The first-order chi connectivity index (χ1) is 13.6. The maximum absolute atomic E-state index is 12.1. The molecule has 0 aliphatic rings. The van der Waals surface area contributed by atoms with Crippen molar-refractivity contribution < 1.29 is 23.9 Å². The van der Waals surface area contributed by atoms with E-state index in [-0.39, 0.29) is 13.0 Å². The molecule has 156 valence electrons. The van der Waals surface area contributed by atoms with E-state index in [0.717, 1.165) is 0 Å². The molecule has 0 unspecified atom stereocenters. The van der Waals surface area contributed by atoms with Crippen molar-refractivity contribution in [1.29, 1.82) is 0 Å². The highest BCUT2D eigenvalue weighted by Crippen LogP contribution is 2.23. The molecule has 2 N–H and O–H groups in total. The number of nitrogens with one attached hydrogen (secondary N) is 2. The van der Waals surface area contributed by atoms with Crippen LogP contribution in [-0.2, 0) is 19.1 Å². The van der Waals surface area contributed by atoms with E-state index in [2.05, 4.69) is 20.7 Å². The fraction of sp³-hybridized carbons (Fsp3) is 0.389. The van der Waals surface area contributed by atoms with Gasteiger partial charge in [0.25, 0.3) is 5.91 Å². The zero-order valence-electron chi connectivity index (χ0n) is 16.3. The van der Waals surface area contributed by atoms with Crippen LogP contribution < -0.4 is 10.6 Å². The van der Waals surface area contributed by atoms with E-state index in [4.69, 9.17) is 21.1 Å². The third kappa shape index (κ3) is 7.78. The lowest BCUT2D eigenvalue weighted by atomic mass is 10.2. The average molecular weight is 424 g/mol. The van der Waals surface area contributed by atoms with Gasteiger partial charge in [-0.3, -0.25) is 9.59 Å². The summed E-state index contributed by atoms with van der Waals surface area (Å²) < 4.78 is 11.4. The number of carbonyl (C=O) groups is 3. The van der Waals surface area contributed by atoms with E-state index in [9.17, 15) is 14.4 Å². The Balaban J connectivity index is 1.80. The molecule has 0 fully saturated rings. The predicted octanol–water partition coefficient (Wildman–Crippen LogP) is 2.32. The van der Waals surface area contributed by atoms with Crippen LogP contribution in [0, 0.1) is 0 Å². The van der Waals surface area contributed by atoms with Crippen LogP contribution >= 0.6 is 11.6 Å². The highest BCUT2D eigenvalue weighted by atomic mass is 35.5. The zero-order valence-corrected chi connectivity index (χ0v) is 17.0. The normalized spacial score (nSPS) is 10.9. The van der Waals surface area contributed by atoms with Gasteiger partial charge in [-0.15, -0.1) is 0 Å². The smallest absolute Gasteiger partial charge is 0.407 e. The minimum atomic E-state index is -0.640. The Kier molecular flexibility index (Phi) is 7.54. The van der Waals surface area contributed by atoms with Gasteiger partial charge >= 0.3 is 12.1 Å². The van der Waals surface area contributed by atoms with Crippen LogP contribution in [0.25, 0.3) is 5.69 Å². The Labute approximate surface area is 172 Å². The summed E-state index contributed by atoms with van der Waals surface area (Å²) >= 11 is 5.99. The van der Waals surface area contributed by atoms with Crippen molar-refractivity contribution in [2.45, 2.75) is 32.8 Å². The van der Waals surface area contributed by atoms with Gasteiger partial charge in [-0.2, -0.15) is 5.10 Å². The van der Waals surface area contributed by atoms with Crippen LogP contribution in [0.15, 0.2) is 30.9 Å². The van der Waals surface area contributed by atoms with E-state index in [1.807, 2.05) is 0 Å². The van der Waals surface area contributed by atoms with Gasteiger partial charge in [0.1, 0.15) is 18.3 Å². The van der Waals surface area contributed by atoms with Crippen LogP contribution in [0.1, 0.15) is 27.2 Å². The number of hydrogen-bond donors (Lipinski definition) is 2. The molecular weight excluding hydrogens is 402 g/mol. The van der Waals surface area contributed by atoms with Crippen molar-refractivity contribution in [2.24, 2.45) is 0 Å². The Morgan fingerprint density at radius 2 is 2.00 bits per heavy atom. The molecule has 2 rings (SSSR count). The number of benzene rings is 1. The highest BCUT2D eigenvalue weighted by molar-refractivity contribution is 6.31. The number of amides is 2. The lowest BCUT2D eigenvalue weighted by Crippen LogP contribution is -2.34. The second-order valence-electron chi connectivity index (χ2n) is 6.89. The van der Waals surface area contributed by atoms with E-state index in [0.29, 0.717) is 16.4 Å². The van der Waals surface area contributed by atoms with Crippen molar-refractivity contribution in [1.82, 2.24) is 20.1 Å². The third-order valence-corrected chi connectivity index (χ3v) is 3.49.